The Morgan fingerprint density at radius 2 is 2.00 bits per heavy atom. The zero-order valence-corrected chi connectivity index (χ0v) is 15.5. The van der Waals surface area contributed by atoms with Crippen LogP contribution in [0.5, 0.6) is 0 Å². The number of likely N-dealkylation sites (tertiary alicyclic amines) is 1. The summed E-state index contributed by atoms with van der Waals surface area (Å²) in [7, 11) is 0. The van der Waals surface area contributed by atoms with Crippen LogP contribution in [-0.4, -0.2) is 72.8 Å². The molecule has 2 aliphatic heterocycles. The zero-order valence-electron chi connectivity index (χ0n) is 15.5. The van der Waals surface area contributed by atoms with Gasteiger partial charge in [-0.25, -0.2) is 0 Å². The van der Waals surface area contributed by atoms with Crippen molar-refractivity contribution in [3.05, 3.63) is 0 Å². The summed E-state index contributed by atoms with van der Waals surface area (Å²) in [5.41, 5.74) is -0.117. The molecule has 2 saturated heterocycles. The van der Waals surface area contributed by atoms with Crippen LogP contribution >= 0.6 is 0 Å². The van der Waals surface area contributed by atoms with E-state index in [1.54, 1.807) is 0 Å². The maximum atomic E-state index is 12.5. The maximum absolute atomic E-state index is 12.5. The molecular formula is C19H34N2O3. The van der Waals surface area contributed by atoms with Gasteiger partial charge in [0.15, 0.2) is 0 Å². The molecule has 5 nitrogen and oxygen atoms in total. The molecule has 0 radical (unpaired) electrons. The lowest BCUT2D eigenvalue weighted by molar-refractivity contribution is -0.140. The largest absolute Gasteiger partial charge is 0.373 e. The Morgan fingerprint density at radius 3 is 2.71 bits per heavy atom. The molecule has 0 aromatic carbocycles. The second-order valence-electron chi connectivity index (χ2n) is 7.68. The van der Waals surface area contributed by atoms with E-state index in [1.807, 2.05) is 4.90 Å². The molecule has 3 rings (SSSR count). The van der Waals surface area contributed by atoms with Gasteiger partial charge in [-0.3, -0.25) is 4.79 Å². The monoisotopic (exact) mass is 338 g/mol. The smallest absolute Gasteiger partial charge is 0.248 e. The Morgan fingerprint density at radius 1 is 1.25 bits per heavy atom. The van der Waals surface area contributed by atoms with Gasteiger partial charge < -0.3 is 19.3 Å². The summed E-state index contributed by atoms with van der Waals surface area (Å²) in [5, 5.41) is 0. The molecule has 0 unspecified atom stereocenters. The lowest BCUT2D eigenvalue weighted by Crippen LogP contribution is -2.50. The molecule has 1 saturated carbocycles. The van der Waals surface area contributed by atoms with Crippen molar-refractivity contribution in [3.63, 3.8) is 0 Å². The van der Waals surface area contributed by atoms with Gasteiger partial charge in [-0.15, -0.1) is 0 Å². The summed E-state index contributed by atoms with van der Waals surface area (Å²) in [6.45, 7) is 9.29. The molecule has 1 amide bonds. The van der Waals surface area contributed by atoms with Crippen molar-refractivity contribution in [3.8, 4) is 0 Å². The first-order chi connectivity index (χ1) is 11.7. The van der Waals surface area contributed by atoms with Crippen molar-refractivity contribution >= 4 is 5.91 Å². The molecule has 5 heteroatoms. The number of hydrogen-bond acceptors (Lipinski definition) is 4. The highest BCUT2D eigenvalue weighted by molar-refractivity contribution is 5.78. The van der Waals surface area contributed by atoms with Crippen molar-refractivity contribution in [2.75, 3.05) is 39.4 Å². The van der Waals surface area contributed by atoms with E-state index < -0.39 is 0 Å². The van der Waals surface area contributed by atoms with E-state index in [1.165, 1.54) is 12.8 Å². The highest BCUT2D eigenvalue weighted by Gasteiger charge is 2.45. The number of carbonyl (C=O) groups excluding carboxylic acids is 1. The van der Waals surface area contributed by atoms with Crippen molar-refractivity contribution < 1.29 is 14.3 Å². The van der Waals surface area contributed by atoms with Crippen LogP contribution in [0.25, 0.3) is 0 Å². The second kappa shape index (κ2) is 8.15. The van der Waals surface area contributed by atoms with Gasteiger partial charge in [0.1, 0.15) is 6.61 Å². The summed E-state index contributed by atoms with van der Waals surface area (Å²) in [4.78, 5) is 17.0. The van der Waals surface area contributed by atoms with Gasteiger partial charge in [0, 0.05) is 25.7 Å². The van der Waals surface area contributed by atoms with E-state index in [2.05, 4.69) is 18.7 Å². The molecule has 3 fully saturated rings. The summed E-state index contributed by atoms with van der Waals surface area (Å²) in [6, 6.07) is 0.596. The topological polar surface area (TPSA) is 42.0 Å². The number of amides is 1. The summed E-state index contributed by atoms with van der Waals surface area (Å²) < 4.78 is 12.0. The van der Waals surface area contributed by atoms with Gasteiger partial charge in [0.2, 0.25) is 5.91 Å². The molecule has 0 bridgehead atoms. The van der Waals surface area contributed by atoms with E-state index in [-0.39, 0.29) is 18.1 Å². The van der Waals surface area contributed by atoms with E-state index in [9.17, 15) is 4.79 Å². The number of ether oxygens (including phenoxy) is 2. The minimum atomic E-state index is -0.117. The van der Waals surface area contributed by atoms with Crippen LogP contribution < -0.4 is 0 Å². The van der Waals surface area contributed by atoms with Crippen LogP contribution in [0.1, 0.15) is 58.8 Å². The van der Waals surface area contributed by atoms with E-state index >= 15 is 0 Å². The molecule has 1 spiro atoms. The Kier molecular flexibility index (Phi) is 6.17. The number of nitrogens with zero attached hydrogens (tertiary/aromatic N) is 2. The van der Waals surface area contributed by atoms with Gasteiger partial charge >= 0.3 is 0 Å². The zero-order chi connectivity index (χ0) is 17.0. The highest BCUT2D eigenvalue weighted by Crippen LogP contribution is 2.36. The number of carbonyl (C=O) groups is 1. The molecule has 0 aromatic rings. The Hall–Kier alpha value is -0.650. The first-order valence-electron chi connectivity index (χ1n) is 9.93. The molecule has 2 heterocycles. The van der Waals surface area contributed by atoms with E-state index in [0.29, 0.717) is 12.1 Å². The van der Waals surface area contributed by atoms with Gasteiger partial charge in [0.05, 0.1) is 11.7 Å². The quantitative estimate of drug-likeness (QED) is 0.746. The summed E-state index contributed by atoms with van der Waals surface area (Å²) in [6.07, 6.45) is 8.17. The van der Waals surface area contributed by atoms with Crippen molar-refractivity contribution in [2.24, 2.45) is 0 Å². The Labute approximate surface area is 146 Å². The highest BCUT2D eigenvalue weighted by atomic mass is 16.5. The van der Waals surface area contributed by atoms with Crippen LogP contribution in [0.15, 0.2) is 0 Å². The van der Waals surface area contributed by atoms with Crippen LogP contribution in [0.2, 0.25) is 0 Å². The van der Waals surface area contributed by atoms with Crippen molar-refractivity contribution in [1.29, 1.82) is 0 Å². The van der Waals surface area contributed by atoms with Gasteiger partial charge in [-0.05, 0) is 45.2 Å². The van der Waals surface area contributed by atoms with Crippen LogP contribution in [-0.2, 0) is 14.3 Å². The maximum Gasteiger partial charge on any atom is 0.248 e. The lowest BCUT2D eigenvalue weighted by Gasteiger charge is -2.42. The SMILES string of the molecule is CCN(CC)[C@H]1CCO[C@@]2(CCN(C(=O)COC3CCCC3)C2)C1. The summed E-state index contributed by atoms with van der Waals surface area (Å²) in [5.74, 6) is 0.146. The Bertz CT molecular complexity index is 421. The van der Waals surface area contributed by atoms with E-state index in [0.717, 1.165) is 64.9 Å². The third-order valence-electron chi connectivity index (χ3n) is 6.21. The average molecular weight is 338 g/mol. The summed E-state index contributed by atoms with van der Waals surface area (Å²) >= 11 is 0. The molecule has 24 heavy (non-hydrogen) atoms. The molecular weight excluding hydrogens is 304 g/mol. The van der Waals surface area contributed by atoms with Crippen molar-refractivity contribution in [2.45, 2.75) is 76.5 Å². The number of rotatable bonds is 6. The minimum absolute atomic E-state index is 0.117. The van der Waals surface area contributed by atoms with Crippen LogP contribution in [0, 0.1) is 0 Å². The second-order valence-corrected chi connectivity index (χ2v) is 7.68. The lowest BCUT2D eigenvalue weighted by atomic mass is 9.88. The van der Waals surface area contributed by atoms with Crippen LogP contribution in [0.4, 0.5) is 0 Å². The fraction of sp³-hybridized carbons (Fsp3) is 0.947. The van der Waals surface area contributed by atoms with Crippen molar-refractivity contribution in [1.82, 2.24) is 9.80 Å². The third kappa shape index (κ3) is 4.12. The molecule has 0 aromatic heterocycles. The van der Waals surface area contributed by atoms with Gasteiger partial charge in [0.25, 0.3) is 0 Å². The molecule has 3 aliphatic rings. The predicted molar refractivity (Wildman–Crippen MR) is 94.0 cm³/mol. The molecule has 0 N–H and O–H groups in total. The molecule has 2 atom stereocenters. The average Bonchev–Trinajstić information content (AvgIpc) is 3.24. The third-order valence-corrected chi connectivity index (χ3v) is 6.21. The standard InChI is InChI=1S/C19H34N2O3/c1-3-20(4-2)16-9-12-24-19(13-16)10-11-21(15-19)18(22)14-23-17-7-5-6-8-17/h16-17H,3-15H2,1-2H3/t16-,19-/m0/s1. The Balaban J connectivity index is 1.50. The first-order valence-corrected chi connectivity index (χ1v) is 9.93. The fourth-order valence-corrected chi connectivity index (χ4v) is 4.73. The molecule has 1 aliphatic carbocycles. The fourth-order valence-electron chi connectivity index (χ4n) is 4.73. The predicted octanol–water partition coefficient (Wildman–Crippen LogP) is 2.44. The first kappa shape index (κ1) is 18.2. The minimum Gasteiger partial charge on any atom is -0.373 e. The van der Waals surface area contributed by atoms with Gasteiger partial charge in [-0.2, -0.15) is 0 Å². The van der Waals surface area contributed by atoms with Gasteiger partial charge in [-0.1, -0.05) is 26.7 Å². The molecule has 138 valence electrons. The number of hydrogen-bond donors (Lipinski definition) is 0. The normalized spacial score (nSPS) is 31.5. The van der Waals surface area contributed by atoms with Crippen LogP contribution in [0.3, 0.4) is 0 Å². The van der Waals surface area contributed by atoms with E-state index in [4.69, 9.17) is 9.47 Å².